The van der Waals surface area contributed by atoms with Crippen LogP contribution >= 0.6 is 23.2 Å². The molecule has 11 heavy (non-hydrogen) atoms. The summed E-state index contributed by atoms with van der Waals surface area (Å²) in [6, 6.07) is 0. The Morgan fingerprint density at radius 3 is 2.91 bits per heavy atom. The van der Waals surface area contributed by atoms with Crippen LogP contribution in [0.3, 0.4) is 0 Å². The summed E-state index contributed by atoms with van der Waals surface area (Å²) in [4.78, 5) is 0. The number of rotatable bonds is 4. The lowest BCUT2D eigenvalue weighted by Crippen LogP contribution is -2.16. The molecule has 1 N–H and O–H groups in total. The molecule has 0 aliphatic carbocycles. The zero-order valence-electron chi connectivity index (χ0n) is 6.45. The molecule has 0 aromatic carbocycles. The van der Waals surface area contributed by atoms with E-state index in [0.29, 0.717) is 11.6 Å². The second-order valence-corrected chi connectivity index (χ2v) is 2.61. The molecule has 0 spiro atoms. The molecule has 0 fully saturated rings. The van der Waals surface area contributed by atoms with Crippen LogP contribution in [0.4, 0.5) is 0 Å². The van der Waals surface area contributed by atoms with E-state index in [1.807, 2.05) is 6.92 Å². The van der Waals surface area contributed by atoms with Crippen LogP contribution in [0.25, 0.3) is 0 Å². The van der Waals surface area contributed by atoms with E-state index in [1.165, 1.54) is 5.54 Å². The summed E-state index contributed by atoms with van der Waals surface area (Å²) in [5.41, 5.74) is 1.36. The summed E-state index contributed by atoms with van der Waals surface area (Å²) < 4.78 is 0. The minimum atomic E-state index is 0.621. The fraction of sp³-hybridized carbons (Fsp3) is 0.500. The Balaban J connectivity index is 3.19. The molecular weight excluding hydrogens is 181 g/mol. The van der Waals surface area contributed by atoms with Crippen LogP contribution < -0.4 is 5.32 Å². The normalized spacial score (nSPS) is 10.6. The predicted octanol–water partition coefficient (Wildman–Crippen LogP) is 2.31. The van der Waals surface area contributed by atoms with Gasteiger partial charge in [-0.15, -0.1) is 11.8 Å². The molecule has 0 unspecified atom stereocenters. The smallest absolute Gasteiger partial charge is 0.0431 e. The van der Waals surface area contributed by atoms with Gasteiger partial charge in [-0.05, 0) is 6.92 Å². The van der Waals surface area contributed by atoms with Gasteiger partial charge in [-0.3, -0.25) is 0 Å². The molecule has 0 aliphatic heterocycles. The lowest BCUT2D eigenvalue weighted by Gasteiger charge is -1.98. The third-order valence-electron chi connectivity index (χ3n) is 1.02. The minimum absolute atomic E-state index is 0.621. The highest BCUT2D eigenvalue weighted by Crippen LogP contribution is 1.99. The van der Waals surface area contributed by atoms with Gasteiger partial charge in [0.25, 0.3) is 0 Å². The van der Waals surface area contributed by atoms with Crippen molar-refractivity contribution in [3.05, 3.63) is 10.6 Å². The van der Waals surface area contributed by atoms with Crippen LogP contribution in [0.5, 0.6) is 0 Å². The minimum Gasteiger partial charge on any atom is -0.311 e. The second kappa shape index (κ2) is 7.94. The van der Waals surface area contributed by atoms with Crippen LogP contribution in [-0.2, 0) is 0 Å². The first kappa shape index (κ1) is 10.8. The Morgan fingerprint density at radius 2 is 2.36 bits per heavy atom. The molecule has 0 bridgehead atoms. The molecule has 0 amide bonds. The highest BCUT2D eigenvalue weighted by Gasteiger charge is 1.88. The zero-order valence-corrected chi connectivity index (χ0v) is 7.97. The van der Waals surface area contributed by atoms with E-state index >= 15 is 0 Å². The summed E-state index contributed by atoms with van der Waals surface area (Å²) in [5.74, 6) is 5.74. The number of halogens is 2. The lowest BCUT2D eigenvalue weighted by atomic mass is 10.4. The molecule has 0 radical (unpaired) electrons. The maximum Gasteiger partial charge on any atom is 0.0431 e. The second-order valence-electron chi connectivity index (χ2n) is 1.91. The van der Waals surface area contributed by atoms with Gasteiger partial charge in [0.15, 0.2) is 0 Å². The van der Waals surface area contributed by atoms with Gasteiger partial charge in [0.05, 0.1) is 0 Å². The van der Waals surface area contributed by atoms with Gasteiger partial charge >= 0.3 is 0 Å². The topological polar surface area (TPSA) is 12.0 Å². The molecule has 1 nitrogen and oxygen atoms in total. The molecule has 0 atom stereocenters. The monoisotopic (exact) mass is 191 g/mol. The quantitative estimate of drug-likeness (QED) is 0.532. The third-order valence-corrected chi connectivity index (χ3v) is 1.63. The van der Waals surface area contributed by atoms with Crippen molar-refractivity contribution in [2.75, 3.05) is 13.1 Å². The van der Waals surface area contributed by atoms with Crippen LogP contribution in [0.15, 0.2) is 10.6 Å². The lowest BCUT2D eigenvalue weighted by molar-refractivity contribution is 0.759. The molecular formula is C8H11Cl2N. The predicted molar refractivity (Wildman–Crippen MR) is 50.7 cm³/mol. The summed E-state index contributed by atoms with van der Waals surface area (Å²) in [7, 11) is 0. The van der Waals surface area contributed by atoms with E-state index in [9.17, 15) is 0 Å². The molecule has 3 heteroatoms. The number of hydrogen-bond donors (Lipinski definition) is 1. The van der Waals surface area contributed by atoms with Crippen molar-refractivity contribution in [3.63, 3.8) is 0 Å². The Bertz CT molecular complexity index is 176. The maximum atomic E-state index is 5.61. The van der Waals surface area contributed by atoms with E-state index in [1.54, 1.807) is 0 Å². The van der Waals surface area contributed by atoms with Gasteiger partial charge in [0.1, 0.15) is 0 Å². The fourth-order valence-corrected chi connectivity index (χ4v) is 0.694. The summed E-state index contributed by atoms with van der Waals surface area (Å²) >= 11 is 10.9. The van der Waals surface area contributed by atoms with Crippen molar-refractivity contribution in [1.82, 2.24) is 5.32 Å². The van der Waals surface area contributed by atoms with Crippen LogP contribution in [0.2, 0.25) is 0 Å². The van der Waals surface area contributed by atoms with Crippen LogP contribution in [-0.4, -0.2) is 13.1 Å². The number of hydrogen-bond acceptors (Lipinski definition) is 1. The Hall–Kier alpha value is -0.160. The first-order valence-electron chi connectivity index (χ1n) is 3.36. The zero-order chi connectivity index (χ0) is 8.53. The van der Waals surface area contributed by atoms with Crippen molar-refractivity contribution in [3.8, 4) is 11.8 Å². The van der Waals surface area contributed by atoms with Gasteiger partial charge in [0, 0.05) is 30.1 Å². The van der Waals surface area contributed by atoms with Gasteiger partial charge in [-0.1, -0.05) is 23.2 Å². The molecule has 62 valence electrons. The van der Waals surface area contributed by atoms with Crippen molar-refractivity contribution in [2.45, 2.75) is 13.3 Å². The average molecular weight is 192 g/mol. The van der Waals surface area contributed by atoms with E-state index in [0.717, 1.165) is 13.0 Å². The van der Waals surface area contributed by atoms with Crippen LogP contribution in [0.1, 0.15) is 13.3 Å². The van der Waals surface area contributed by atoms with E-state index in [-0.39, 0.29) is 0 Å². The summed E-state index contributed by atoms with van der Waals surface area (Å²) in [6.07, 6.45) is 0.850. The van der Waals surface area contributed by atoms with E-state index in [2.05, 4.69) is 17.2 Å². The van der Waals surface area contributed by atoms with Crippen molar-refractivity contribution >= 4 is 23.2 Å². The molecule has 0 aromatic heterocycles. The average Bonchev–Trinajstić information content (AvgIpc) is 2.04. The summed E-state index contributed by atoms with van der Waals surface area (Å²) in [6.45, 7) is 3.30. The SMILES string of the molecule is CC#CCCNCC(Cl)=CCl. The molecule has 0 heterocycles. The highest BCUT2D eigenvalue weighted by atomic mass is 35.5. The van der Waals surface area contributed by atoms with Gasteiger partial charge in [0.2, 0.25) is 0 Å². The fourth-order valence-electron chi connectivity index (χ4n) is 0.522. The van der Waals surface area contributed by atoms with Gasteiger partial charge < -0.3 is 5.32 Å². The molecule has 0 aliphatic rings. The van der Waals surface area contributed by atoms with E-state index in [4.69, 9.17) is 23.2 Å². The highest BCUT2D eigenvalue weighted by molar-refractivity contribution is 6.36. The molecule has 0 saturated heterocycles. The molecule has 0 rings (SSSR count). The Labute approximate surface area is 77.8 Å². The first-order chi connectivity index (χ1) is 5.31. The Morgan fingerprint density at radius 1 is 1.64 bits per heavy atom. The van der Waals surface area contributed by atoms with Gasteiger partial charge in [-0.25, -0.2) is 0 Å². The van der Waals surface area contributed by atoms with Crippen molar-refractivity contribution in [2.24, 2.45) is 0 Å². The van der Waals surface area contributed by atoms with E-state index < -0.39 is 0 Å². The first-order valence-corrected chi connectivity index (χ1v) is 4.17. The standard InChI is InChI=1S/C8H11Cl2N/c1-2-3-4-5-11-7-8(10)6-9/h6,11H,4-5,7H2,1H3. The van der Waals surface area contributed by atoms with Crippen molar-refractivity contribution in [1.29, 1.82) is 0 Å². The van der Waals surface area contributed by atoms with Gasteiger partial charge in [-0.2, -0.15) is 0 Å². The van der Waals surface area contributed by atoms with Crippen LogP contribution in [0, 0.1) is 11.8 Å². The molecule has 0 aromatic rings. The largest absolute Gasteiger partial charge is 0.311 e. The van der Waals surface area contributed by atoms with Crippen molar-refractivity contribution < 1.29 is 0 Å². The Kier molecular flexibility index (Phi) is 7.83. The molecule has 0 saturated carbocycles. The third kappa shape index (κ3) is 7.74. The number of nitrogens with one attached hydrogen (secondary N) is 1. The maximum absolute atomic E-state index is 5.61. The summed E-state index contributed by atoms with van der Waals surface area (Å²) in [5, 5.41) is 3.71.